The molecule has 28 heavy (non-hydrogen) atoms. The second-order valence-electron chi connectivity index (χ2n) is 7.20. The van der Waals surface area contributed by atoms with Gasteiger partial charge in [-0.1, -0.05) is 35.5 Å². The van der Waals surface area contributed by atoms with Crippen molar-refractivity contribution in [3.63, 3.8) is 0 Å². The van der Waals surface area contributed by atoms with Crippen LogP contribution in [-0.2, 0) is 22.5 Å². The van der Waals surface area contributed by atoms with E-state index in [0.717, 1.165) is 42.2 Å². The fraction of sp³-hybridized carbons (Fsp3) is 0.476. The predicted octanol–water partition coefficient (Wildman–Crippen LogP) is 4.24. The topological polar surface area (TPSA) is 55.3 Å². The van der Waals surface area contributed by atoms with Gasteiger partial charge in [0.2, 0.25) is 0 Å². The minimum absolute atomic E-state index is 0.117. The highest BCUT2D eigenvalue weighted by atomic mass is 35.5. The van der Waals surface area contributed by atoms with Crippen LogP contribution in [0, 0.1) is 5.41 Å². The number of nitrogens with zero attached hydrogens (tertiary/aromatic N) is 3. The number of hydrogen-bond donors (Lipinski definition) is 0. The molecule has 7 heteroatoms. The van der Waals surface area contributed by atoms with Crippen molar-refractivity contribution in [3.8, 4) is 0 Å². The third-order valence-electron chi connectivity index (χ3n) is 5.07. The molecule has 0 saturated carbocycles. The summed E-state index contributed by atoms with van der Waals surface area (Å²) in [5, 5.41) is 1.46. The Hall–Kier alpha value is -1.63. The SMILES string of the molecule is CCOC(=O)C1(Cc2cccc(Cl)c2)CCCN(Cc2cnc(SC)nc2)C1. The van der Waals surface area contributed by atoms with Gasteiger partial charge in [-0.05, 0) is 56.7 Å². The van der Waals surface area contributed by atoms with Crippen molar-refractivity contribution in [1.29, 1.82) is 0 Å². The fourth-order valence-corrected chi connectivity index (χ4v) is 4.38. The summed E-state index contributed by atoms with van der Waals surface area (Å²) in [5.74, 6) is -0.117. The molecule has 1 saturated heterocycles. The molecule has 3 rings (SSSR count). The molecule has 1 aromatic carbocycles. The van der Waals surface area contributed by atoms with Crippen molar-refractivity contribution in [1.82, 2.24) is 14.9 Å². The summed E-state index contributed by atoms with van der Waals surface area (Å²) in [7, 11) is 0. The number of hydrogen-bond acceptors (Lipinski definition) is 6. The van der Waals surface area contributed by atoms with Gasteiger partial charge in [-0.15, -0.1) is 0 Å². The first-order valence-corrected chi connectivity index (χ1v) is 11.1. The molecule has 0 spiro atoms. The molecule has 0 N–H and O–H groups in total. The van der Waals surface area contributed by atoms with Gasteiger partial charge >= 0.3 is 5.97 Å². The molecule has 0 aliphatic carbocycles. The number of esters is 1. The van der Waals surface area contributed by atoms with Gasteiger partial charge in [-0.3, -0.25) is 9.69 Å². The fourth-order valence-electron chi connectivity index (χ4n) is 3.86. The van der Waals surface area contributed by atoms with Gasteiger partial charge in [0.05, 0.1) is 12.0 Å². The Morgan fingerprint density at radius 3 is 2.79 bits per heavy atom. The van der Waals surface area contributed by atoms with Crippen molar-refractivity contribution in [2.75, 3.05) is 26.0 Å². The molecule has 2 heterocycles. The van der Waals surface area contributed by atoms with Crippen molar-refractivity contribution in [3.05, 3.63) is 52.8 Å². The predicted molar refractivity (Wildman–Crippen MR) is 113 cm³/mol. The van der Waals surface area contributed by atoms with Crippen LogP contribution in [0.15, 0.2) is 41.8 Å². The maximum absolute atomic E-state index is 13.0. The van der Waals surface area contributed by atoms with E-state index >= 15 is 0 Å². The Morgan fingerprint density at radius 2 is 2.11 bits per heavy atom. The van der Waals surface area contributed by atoms with Crippen molar-refractivity contribution >= 4 is 29.3 Å². The first kappa shape index (κ1) is 21.1. The first-order chi connectivity index (χ1) is 13.5. The van der Waals surface area contributed by atoms with E-state index in [0.29, 0.717) is 24.6 Å². The zero-order valence-electron chi connectivity index (χ0n) is 16.4. The van der Waals surface area contributed by atoms with E-state index in [1.807, 2.05) is 49.8 Å². The van der Waals surface area contributed by atoms with Crippen molar-refractivity contribution < 1.29 is 9.53 Å². The largest absolute Gasteiger partial charge is 0.466 e. The molecule has 0 radical (unpaired) electrons. The Morgan fingerprint density at radius 1 is 1.32 bits per heavy atom. The molecule has 150 valence electrons. The second kappa shape index (κ2) is 9.72. The monoisotopic (exact) mass is 419 g/mol. The van der Waals surface area contributed by atoms with E-state index in [9.17, 15) is 4.79 Å². The van der Waals surface area contributed by atoms with E-state index in [1.54, 1.807) is 0 Å². The van der Waals surface area contributed by atoms with Gasteiger partial charge < -0.3 is 4.74 Å². The van der Waals surface area contributed by atoms with E-state index in [-0.39, 0.29) is 5.97 Å². The van der Waals surface area contributed by atoms with Crippen LogP contribution in [0.5, 0.6) is 0 Å². The number of benzene rings is 1. The van der Waals surface area contributed by atoms with Gasteiger partial charge in [0.25, 0.3) is 0 Å². The number of halogens is 1. The first-order valence-electron chi connectivity index (χ1n) is 9.53. The summed E-state index contributed by atoms with van der Waals surface area (Å²) in [4.78, 5) is 24.0. The van der Waals surface area contributed by atoms with Crippen molar-refractivity contribution in [2.45, 2.75) is 37.9 Å². The Bertz CT molecular complexity index is 802. The number of likely N-dealkylation sites (tertiary alicyclic amines) is 1. The Labute approximate surface area is 175 Å². The lowest BCUT2D eigenvalue weighted by Crippen LogP contribution is -2.49. The van der Waals surface area contributed by atoms with Crippen LogP contribution in [0.1, 0.15) is 30.9 Å². The Balaban J connectivity index is 1.79. The molecule has 0 amide bonds. The number of piperidine rings is 1. The Kier molecular flexibility index (Phi) is 7.32. The summed E-state index contributed by atoms with van der Waals surface area (Å²) in [6.07, 6.45) is 8.10. The minimum atomic E-state index is -0.557. The number of carbonyl (C=O) groups is 1. The second-order valence-corrected chi connectivity index (χ2v) is 8.41. The molecule has 5 nitrogen and oxygen atoms in total. The van der Waals surface area contributed by atoms with Crippen molar-refractivity contribution in [2.24, 2.45) is 5.41 Å². The molecule has 1 unspecified atom stereocenters. The maximum Gasteiger partial charge on any atom is 0.313 e. The van der Waals surface area contributed by atoms with E-state index in [4.69, 9.17) is 16.3 Å². The van der Waals surface area contributed by atoms with Crippen LogP contribution < -0.4 is 0 Å². The smallest absolute Gasteiger partial charge is 0.313 e. The molecule has 0 bridgehead atoms. The zero-order valence-corrected chi connectivity index (χ0v) is 17.9. The number of thioether (sulfide) groups is 1. The molecule has 1 atom stereocenters. The van der Waals surface area contributed by atoms with Crippen LogP contribution in [0.4, 0.5) is 0 Å². The normalized spacial score (nSPS) is 20.1. The highest BCUT2D eigenvalue weighted by Crippen LogP contribution is 2.36. The van der Waals surface area contributed by atoms with Gasteiger partial charge in [0, 0.05) is 36.1 Å². The molecular formula is C21H26ClN3O2S. The zero-order chi connectivity index (χ0) is 20.0. The number of ether oxygens (including phenoxy) is 1. The maximum atomic E-state index is 13.0. The number of rotatable bonds is 7. The number of carbonyl (C=O) groups excluding carboxylic acids is 1. The molecule has 1 fully saturated rings. The van der Waals surface area contributed by atoms with E-state index < -0.39 is 5.41 Å². The molecular weight excluding hydrogens is 394 g/mol. The third-order valence-corrected chi connectivity index (χ3v) is 5.88. The van der Waals surface area contributed by atoms with Crippen LogP contribution in [0.3, 0.4) is 0 Å². The summed E-state index contributed by atoms with van der Waals surface area (Å²) in [6, 6.07) is 7.76. The highest BCUT2D eigenvalue weighted by Gasteiger charge is 2.43. The number of aromatic nitrogens is 2. The molecule has 2 aromatic rings. The average molecular weight is 420 g/mol. The third kappa shape index (κ3) is 5.25. The lowest BCUT2D eigenvalue weighted by molar-refractivity contribution is -0.159. The molecule has 1 aromatic heterocycles. The van der Waals surface area contributed by atoms with Gasteiger partial charge in [0.1, 0.15) is 0 Å². The van der Waals surface area contributed by atoms with Crippen LogP contribution in [0.25, 0.3) is 0 Å². The van der Waals surface area contributed by atoms with Crippen LogP contribution in [-0.4, -0.2) is 46.8 Å². The standard InChI is InChI=1S/C21H26ClN3O2S/c1-3-27-19(26)21(11-16-6-4-7-18(22)10-16)8-5-9-25(15-21)14-17-12-23-20(28-2)24-13-17/h4,6-7,10,12-13H,3,5,8-9,11,14-15H2,1-2H3. The van der Waals surface area contributed by atoms with Gasteiger partial charge in [-0.25, -0.2) is 9.97 Å². The van der Waals surface area contributed by atoms with Gasteiger partial charge in [0.15, 0.2) is 5.16 Å². The lowest BCUT2D eigenvalue weighted by Gasteiger charge is -2.41. The summed E-state index contributed by atoms with van der Waals surface area (Å²) in [5.41, 5.74) is 1.56. The van der Waals surface area contributed by atoms with E-state index in [1.165, 1.54) is 11.8 Å². The average Bonchev–Trinajstić information content (AvgIpc) is 2.69. The van der Waals surface area contributed by atoms with Crippen LogP contribution in [0.2, 0.25) is 5.02 Å². The summed E-state index contributed by atoms with van der Waals surface area (Å²) >= 11 is 7.69. The summed E-state index contributed by atoms with van der Waals surface area (Å²) in [6.45, 7) is 4.57. The quantitative estimate of drug-likeness (QED) is 0.380. The molecule has 1 aliphatic heterocycles. The van der Waals surface area contributed by atoms with E-state index in [2.05, 4.69) is 14.9 Å². The van der Waals surface area contributed by atoms with Gasteiger partial charge in [-0.2, -0.15) is 0 Å². The molecule has 1 aliphatic rings. The lowest BCUT2D eigenvalue weighted by atomic mass is 9.75. The highest BCUT2D eigenvalue weighted by molar-refractivity contribution is 7.98. The van der Waals surface area contributed by atoms with Crippen LogP contribution >= 0.6 is 23.4 Å². The summed E-state index contributed by atoms with van der Waals surface area (Å²) < 4.78 is 5.49. The minimum Gasteiger partial charge on any atom is -0.466 e.